The summed E-state index contributed by atoms with van der Waals surface area (Å²) in [7, 11) is 0. The summed E-state index contributed by atoms with van der Waals surface area (Å²) in [5, 5.41) is -0.500. The van der Waals surface area contributed by atoms with Crippen LogP contribution in [0.3, 0.4) is 0 Å². The molecule has 1 aromatic carbocycles. The maximum atomic E-state index is 10.7. The van der Waals surface area contributed by atoms with Crippen LogP contribution in [0.25, 0.3) is 0 Å². The average Bonchev–Trinajstić information content (AvgIpc) is 2.04. The van der Waals surface area contributed by atoms with Crippen LogP contribution >= 0.6 is 27.5 Å². The second-order valence-electron chi connectivity index (χ2n) is 2.52. The third kappa shape index (κ3) is 3.36. The fourth-order valence-electron chi connectivity index (χ4n) is 0.791. The molecule has 0 radical (unpaired) electrons. The van der Waals surface area contributed by atoms with Gasteiger partial charge in [0.1, 0.15) is 5.75 Å². The van der Waals surface area contributed by atoms with Crippen molar-refractivity contribution in [3.63, 3.8) is 0 Å². The van der Waals surface area contributed by atoms with Crippen molar-refractivity contribution in [2.45, 2.75) is 13.0 Å². The Labute approximate surface area is 90.0 Å². The first-order valence-electron chi connectivity index (χ1n) is 3.71. The monoisotopic (exact) mass is 262 g/mol. The molecule has 0 aliphatic rings. The third-order valence-corrected chi connectivity index (χ3v) is 2.23. The molecule has 1 rings (SSSR count). The van der Waals surface area contributed by atoms with E-state index in [1.807, 2.05) is 12.1 Å². The van der Waals surface area contributed by atoms with Crippen molar-refractivity contribution in [2.24, 2.45) is 0 Å². The molecule has 0 amide bonds. The highest BCUT2D eigenvalue weighted by Crippen LogP contribution is 2.19. The van der Waals surface area contributed by atoms with Crippen LogP contribution < -0.4 is 4.74 Å². The molecule has 0 saturated carbocycles. The number of hydrogen-bond donors (Lipinski definition) is 0. The van der Waals surface area contributed by atoms with Gasteiger partial charge in [0, 0.05) is 4.47 Å². The Balaban J connectivity index is 2.69. The first-order valence-corrected chi connectivity index (χ1v) is 4.88. The van der Waals surface area contributed by atoms with Crippen molar-refractivity contribution in [3.8, 4) is 5.75 Å². The zero-order valence-electron chi connectivity index (χ0n) is 6.96. The van der Waals surface area contributed by atoms with E-state index in [1.54, 1.807) is 19.1 Å². The second kappa shape index (κ2) is 4.63. The maximum absolute atomic E-state index is 10.7. The van der Waals surface area contributed by atoms with Crippen molar-refractivity contribution in [1.82, 2.24) is 0 Å². The zero-order chi connectivity index (χ0) is 9.84. The predicted molar refractivity (Wildman–Crippen MR) is 55.1 cm³/mol. The summed E-state index contributed by atoms with van der Waals surface area (Å²) in [6.07, 6.45) is -0.615. The minimum Gasteiger partial charge on any atom is -0.482 e. The van der Waals surface area contributed by atoms with E-state index in [0.717, 1.165) is 4.47 Å². The van der Waals surface area contributed by atoms with Gasteiger partial charge < -0.3 is 4.74 Å². The van der Waals surface area contributed by atoms with Gasteiger partial charge in [-0.1, -0.05) is 22.0 Å². The number of ether oxygens (including phenoxy) is 1. The van der Waals surface area contributed by atoms with E-state index < -0.39 is 11.3 Å². The fourth-order valence-corrected chi connectivity index (χ4v) is 1.21. The van der Waals surface area contributed by atoms with Crippen LogP contribution in [-0.2, 0) is 4.79 Å². The summed E-state index contributed by atoms with van der Waals surface area (Å²) in [4.78, 5) is 10.7. The second-order valence-corrected chi connectivity index (χ2v) is 3.81. The van der Waals surface area contributed by atoms with E-state index in [4.69, 9.17) is 16.3 Å². The van der Waals surface area contributed by atoms with Crippen LogP contribution in [0.4, 0.5) is 0 Å². The molecule has 0 saturated heterocycles. The molecule has 0 unspecified atom stereocenters. The van der Waals surface area contributed by atoms with E-state index in [9.17, 15) is 4.79 Å². The van der Waals surface area contributed by atoms with Gasteiger partial charge in [-0.05, 0) is 36.7 Å². The highest BCUT2D eigenvalue weighted by molar-refractivity contribution is 9.10. The molecule has 0 heterocycles. The molecule has 2 nitrogen and oxygen atoms in total. The highest BCUT2D eigenvalue weighted by Gasteiger charge is 2.10. The van der Waals surface area contributed by atoms with Crippen LogP contribution in [0.5, 0.6) is 5.75 Å². The lowest BCUT2D eigenvalue weighted by Crippen LogP contribution is -2.18. The standard InChI is InChI=1S/C9H8BrClO2/c1-6(9(11)12)13-8-4-2-3-7(10)5-8/h2-6H,1H3/t6-/m1/s1. The van der Waals surface area contributed by atoms with E-state index in [-0.39, 0.29) is 0 Å². The van der Waals surface area contributed by atoms with Crippen molar-refractivity contribution in [1.29, 1.82) is 0 Å². The summed E-state index contributed by atoms with van der Waals surface area (Å²) in [6, 6.07) is 7.24. The van der Waals surface area contributed by atoms with E-state index in [2.05, 4.69) is 15.9 Å². The first kappa shape index (κ1) is 10.5. The molecule has 0 aliphatic heterocycles. The molecule has 0 fully saturated rings. The SMILES string of the molecule is C[C@@H](Oc1cccc(Br)c1)C(=O)Cl. The molecule has 13 heavy (non-hydrogen) atoms. The molecule has 0 aliphatic carbocycles. The molecule has 0 N–H and O–H groups in total. The molecule has 1 atom stereocenters. The molecule has 1 aromatic rings. The average molecular weight is 264 g/mol. The summed E-state index contributed by atoms with van der Waals surface area (Å²) in [6.45, 7) is 1.61. The van der Waals surface area contributed by atoms with Crippen LogP contribution in [0.15, 0.2) is 28.7 Å². The topological polar surface area (TPSA) is 26.3 Å². The molecular formula is C9H8BrClO2. The lowest BCUT2D eigenvalue weighted by Gasteiger charge is -2.09. The first-order chi connectivity index (χ1) is 6.09. The fraction of sp³-hybridized carbons (Fsp3) is 0.222. The molecule has 4 heteroatoms. The van der Waals surface area contributed by atoms with Crippen molar-refractivity contribution < 1.29 is 9.53 Å². The lowest BCUT2D eigenvalue weighted by molar-refractivity contribution is -0.117. The van der Waals surface area contributed by atoms with Gasteiger partial charge in [0.15, 0.2) is 6.10 Å². The zero-order valence-corrected chi connectivity index (χ0v) is 9.30. The Morgan fingerprint density at radius 2 is 2.31 bits per heavy atom. The summed E-state index contributed by atoms with van der Waals surface area (Å²) in [5.41, 5.74) is 0. The summed E-state index contributed by atoms with van der Waals surface area (Å²) in [5.74, 6) is 0.621. The van der Waals surface area contributed by atoms with Crippen LogP contribution in [0, 0.1) is 0 Å². The van der Waals surface area contributed by atoms with Gasteiger partial charge in [-0.2, -0.15) is 0 Å². The summed E-state index contributed by atoms with van der Waals surface area (Å²) >= 11 is 8.53. The van der Waals surface area contributed by atoms with Gasteiger partial charge in [0.2, 0.25) is 0 Å². The molecule has 0 bridgehead atoms. The number of halogens is 2. The van der Waals surface area contributed by atoms with E-state index in [0.29, 0.717) is 5.75 Å². The molecule has 70 valence electrons. The Morgan fingerprint density at radius 3 is 2.85 bits per heavy atom. The van der Waals surface area contributed by atoms with Crippen molar-refractivity contribution in [2.75, 3.05) is 0 Å². The van der Waals surface area contributed by atoms with Gasteiger partial charge in [-0.25, -0.2) is 0 Å². The predicted octanol–water partition coefficient (Wildman–Crippen LogP) is 2.98. The number of carbonyl (C=O) groups excluding carboxylic acids is 1. The van der Waals surface area contributed by atoms with Gasteiger partial charge in [0.05, 0.1) is 0 Å². The van der Waals surface area contributed by atoms with E-state index >= 15 is 0 Å². The Bertz CT molecular complexity index is 314. The van der Waals surface area contributed by atoms with E-state index in [1.165, 1.54) is 0 Å². The molecule has 0 spiro atoms. The number of benzene rings is 1. The summed E-state index contributed by atoms with van der Waals surface area (Å²) < 4.78 is 6.15. The number of hydrogen-bond acceptors (Lipinski definition) is 2. The minimum absolute atomic E-state index is 0.500. The van der Waals surface area contributed by atoms with Gasteiger partial charge >= 0.3 is 0 Å². The lowest BCUT2D eigenvalue weighted by atomic mass is 10.3. The highest BCUT2D eigenvalue weighted by atomic mass is 79.9. The van der Waals surface area contributed by atoms with Gasteiger partial charge in [-0.3, -0.25) is 4.79 Å². The Hall–Kier alpha value is -0.540. The number of carbonyl (C=O) groups is 1. The largest absolute Gasteiger partial charge is 0.482 e. The van der Waals surface area contributed by atoms with Gasteiger partial charge in [0.25, 0.3) is 5.24 Å². The van der Waals surface area contributed by atoms with Crippen LogP contribution in [0.1, 0.15) is 6.92 Å². The third-order valence-electron chi connectivity index (χ3n) is 1.43. The molecular weight excluding hydrogens is 255 g/mol. The normalized spacial score (nSPS) is 12.2. The number of rotatable bonds is 3. The van der Waals surface area contributed by atoms with Crippen molar-refractivity contribution in [3.05, 3.63) is 28.7 Å². The Morgan fingerprint density at radius 1 is 1.62 bits per heavy atom. The van der Waals surface area contributed by atoms with Crippen molar-refractivity contribution >= 4 is 32.8 Å². The van der Waals surface area contributed by atoms with Crippen LogP contribution in [0.2, 0.25) is 0 Å². The molecule has 0 aromatic heterocycles. The maximum Gasteiger partial charge on any atom is 0.262 e. The Kier molecular flexibility index (Phi) is 3.75. The quantitative estimate of drug-likeness (QED) is 0.784. The van der Waals surface area contributed by atoms with Crippen LogP contribution in [-0.4, -0.2) is 11.3 Å². The smallest absolute Gasteiger partial charge is 0.262 e. The minimum atomic E-state index is -0.615. The van der Waals surface area contributed by atoms with Gasteiger partial charge in [-0.15, -0.1) is 0 Å².